The second-order valence-corrected chi connectivity index (χ2v) is 5.29. The number of alkyl halides is 1. The molecule has 7 heteroatoms. The van der Waals surface area contributed by atoms with Crippen molar-refractivity contribution in [1.82, 2.24) is 0 Å². The molecule has 0 N–H and O–H groups in total. The zero-order valence-electron chi connectivity index (χ0n) is 9.98. The standard InChI is InChI=1S/C13H8Br2FNO3/c14-7-8-1-3-12(10(15)5-8)20-13-4-2-9(17(18)19)6-11(13)16/h1-6H,7H2. The average Bonchev–Trinajstić information content (AvgIpc) is 2.42. The number of non-ortho nitro benzene ring substituents is 1. The number of nitro benzene ring substituents is 1. The molecule has 0 spiro atoms. The summed E-state index contributed by atoms with van der Waals surface area (Å²) in [5.74, 6) is -0.416. The van der Waals surface area contributed by atoms with Crippen molar-refractivity contribution in [3.63, 3.8) is 0 Å². The summed E-state index contributed by atoms with van der Waals surface area (Å²) in [6, 6.07) is 8.63. The first-order valence-electron chi connectivity index (χ1n) is 5.47. The van der Waals surface area contributed by atoms with Gasteiger partial charge in [-0.15, -0.1) is 0 Å². The monoisotopic (exact) mass is 403 g/mol. The van der Waals surface area contributed by atoms with Crippen molar-refractivity contribution < 1.29 is 14.1 Å². The van der Waals surface area contributed by atoms with Crippen molar-refractivity contribution >= 4 is 37.5 Å². The van der Waals surface area contributed by atoms with E-state index in [1.807, 2.05) is 12.1 Å². The van der Waals surface area contributed by atoms with E-state index in [9.17, 15) is 14.5 Å². The van der Waals surface area contributed by atoms with Crippen molar-refractivity contribution in [2.24, 2.45) is 0 Å². The number of hydrogen-bond donors (Lipinski definition) is 0. The molecule has 0 saturated heterocycles. The number of halogens is 3. The summed E-state index contributed by atoms with van der Waals surface area (Å²) in [4.78, 5) is 9.87. The van der Waals surface area contributed by atoms with Crippen LogP contribution in [0.25, 0.3) is 0 Å². The quantitative estimate of drug-likeness (QED) is 0.400. The van der Waals surface area contributed by atoms with Crippen LogP contribution in [-0.4, -0.2) is 4.92 Å². The topological polar surface area (TPSA) is 52.4 Å². The van der Waals surface area contributed by atoms with E-state index < -0.39 is 10.7 Å². The lowest BCUT2D eigenvalue weighted by Crippen LogP contribution is -1.93. The van der Waals surface area contributed by atoms with Crippen molar-refractivity contribution in [3.05, 3.63) is 62.4 Å². The summed E-state index contributed by atoms with van der Waals surface area (Å²) in [6.45, 7) is 0. The maximum absolute atomic E-state index is 13.7. The molecule has 2 rings (SSSR count). The maximum Gasteiger partial charge on any atom is 0.272 e. The van der Waals surface area contributed by atoms with E-state index in [0.717, 1.165) is 11.6 Å². The van der Waals surface area contributed by atoms with Crippen LogP contribution in [0.4, 0.5) is 10.1 Å². The Labute approximate surface area is 131 Å². The first-order valence-corrected chi connectivity index (χ1v) is 7.39. The van der Waals surface area contributed by atoms with E-state index in [-0.39, 0.29) is 11.4 Å². The van der Waals surface area contributed by atoms with E-state index in [2.05, 4.69) is 31.9 Å². The predicted molar refractivity (Wildman–Crippen MR) is 79.9 cm³/mol. The summed E-state index contributed by atoms with van der Waals surface area (Å²) in [5.41, 5.74) is 0.719. The zero-order chi connectivity index (χ0) is 14.7. The minimum Gasteiger partial charge on any atom is -0.453 e. The highest BCUT2D eigenvalue weighted by molar-refractivity contribution is 9.10. The van der Waals surface area contributed by atoms with Crippen LogP contribution >= 0.6 is 31.9 Å². The van der Waals surface area contributed by atoms with Crippen molar-refractivity contribution in [2.45, 2.75) is 5.33 Å². The SMILES string of the molecule is O=[N+]([O-])c1ccc(Oc2ccc(CBr)cc2Br)c(F)c1. The van der Waals surface area contributed by atoms with Crippen LogP contribution < -0.4 is 4.74 Å². The third kappa shape index (κ3) is 3.34. The van der Waals surface area contributed by atoms with Gasteiger partial charge in [0, 0.05) is 11.4 Å². The molecule has 0 atom stereocenters. The Kier molecular flexibility index (Phi) is 4.72. The first kappa shape index (κ1) is 14.9. The van der Waals surface area contributed by atoms with E-state index in [1.165, 1.54) is 12.1 Å². The molecular weight excluding hydrogens is 397 g/mol. The second kappa shape index (κ2) is 6.32. The maximum atomic E-state index is 13.7. The number of nitro groups is 1. The molecule has 2 aromatic rings. The van der Waals surface area contributed by atoms with Gasteiger partial charge in [-0.25, -0.2) is 4.39 Å². The van der Waals surface area contributed by atoms with Gasteiger partial charge in [0.15, 0.2) is 11.6 Å². The fourth-order valence-corrected chi connectivity index (χ4v) is 2.37. The molecule has 0 aliphatic rings. The summed E-state index contributed by atoms with van der Waals surface area (Å²) in [5, 5.41) is 11.2. The van der Waals surface area contributed by atoms with E-state index in [0.29, 0.717) is 15.6 Å². The van der Waals surface area contributed by atoms with Crippen LogP contribution in [0.5, 0.6) is 11.5 Å². The van der Waals surface area contributed by atoms with Crippen molar-refractivity contribution in [3.8, 4) is 11.5 Å². The normalized spacial score (nSPS) is 10.3. The van der Waals surface area contributed by atoms with Gasteiger partial charge < -0.3 is 4.74 Å². The molecule has 0 heterocycles. The Hall–Kier alpha value is -1.47. The Morgan fingerprint density at radius 3 is 2.45 bits per heavy atom. The lowest BCUT2D eigenvalue weighted by Gasteiger charge is -2.09. The Morgan fingerprint density at radius 1 is 1.20 bits per heavy atom. The molecule has 4 nitrogen and oxygen atoms in total. The van der Waals surface area contributed by atoms with Crippen LogP contribution in [0, 0.1) is 15.9 Å². The highest BCUT2D eigenvalue weighted by atomic mass is 79.9. The first-order chi connectivity index (χ1) is 9.51. The number of benzene rings is 2. The molecule has 0 bridgehead atoms. The highest BCUT2D eigenvalue weighted by Crippen LogP contribution is 2.33. The van der Waals surface area contributed by atoms with Crippen molar-refractivity contribution in [1.29, 1.82) is 0 Å². The largest absolute Gasteiger partial charge is 0.453 e. The molecule has 0 fully saturated rings. The number of hydrogen-bond acceptors (Lipinski definition) is 3. The van der Waals surface area contributed by atoms with Crippen molar-refractivity contribution in [2.75, 3.05) is 0 Å². The minimum absolute atomic E-state index is 0.0668. The summed E-state index contributed by atoms with van der Waals surface area (Å²) in [7, 11) is 0. The number of nitrogens with zero attached hydrogens (tertiary/aromatic N) is 1. The van der Waals surface area contributed by atoms with Gasteiger partial charge >= 0.3 is 0 Å². The van der Waals surface area contributed by atoms with Crippen LogP contribution in [0.2, 0.25) is 0 Å². The molecule has 0 aliphatic carbocycles. The molecule has 0 unspecified atom stereocenters. The molecule has 0 aliphatic heterocycles. The lowest BCUT2D eigenvalue weighted by atomic mass is 10.2. The average molecular weight is 405 g/mol. The Morgan fingerprint density at radius 2 is 1.90 bits per heavy atom. The number of rotatable bonds is 4. The van der Waals surface area contributed by atoms with Crippen LogP contribution in [0.1, 0.15) is 5.56 Å². The van der Waals surface area contributed by atoms with Gasteiger partial charge in [0.2, 0.25) is 0 Å². The van der Waals surface area contributed by atoms with E-state index >= 15 is 0 Å². The molecule has 0 saturated carbocycles. The zero-order valence-corrected chi connectivity index (χ0v) is 13.1. The molecular formula is C13H8Br2FNO3. The summed E-state index contributed by atoms with van der Waals surface area (Å²) >= 11 is 6.66. The molecule has 0 radical (unpaired) electrons. The molecule has 0 amide bonds. The van der Waals surface area contributed by atoms with Gasteiger partial charge in [-0.1, -0.05) is 22.0 Å². The minimum atomic E-state index is -0.782. The third-order valence-electron chi connectivity index (χ3n) is 2.50. The van der Waals surface area contributed by atoms with Crippen LogP contribution in [0.3, 0.4) is 0 Å². The van der Waals surface area contributed by atoms with Gasteiger partial charge in [0.05, 0.1) is 15.5 Å². The predicted octanol–water partition coefficient (Wildman–Crippen LogP) is 5.18. The van der Waals surface area contributed by atoms with Crippen LogP contribution in [-0.2, 0) is 5.33 Å². The van der Waals surface area contributed by atoms with E-state index in [4.69, 9.17) is 4.74 Å². The lowest BCUT2D eigenvalue weighted by molar-refractivity contribution is -0.385. The Bertz CT molecular complexity index is 664. The summed E-state index contributed by atoms with van der Waals surface area (Å²) < 4.78 is 19.8. The van der Waals surface area contributed by atoms with Gasteiger partial charge in [0.1, 0.15) is 5.75 Å². The molecule has 20 heavy (non-hydrogen) atoms. The summed E-state index contributed by atoms with van der Waals surface area (Å²) in [6.07, 6.45) is 0. The highest BCUT2D eigenvalue weighted by Gasteiger charge is 2.13. The smallest absolute Gasteiger partial charge is 0.272 e. The molecule has 0 aromatic heterocycles. The van der Waals surface area contributed by atoms with Gasteiger partial charge in [-0.05, 0) is 39.7 Å². The van der Waals surface area contributed by atoms with Gasteiger partial charge in [-0.3, -0.25) is 10.1 Å². The molecule has 104 valence electrons. The van der Waals surface area contributed by atoms with E-state index in [1.54, 1.807) is 6.07 Å². The number of ether oxygens (including phenoxy) is 1. The Balaban J connectivity index is 2.28. The fraction of sp³-hybridized carbons (Fsp3) is 0.0769. The second-order valence-electron chi connectivity index (χ2n) is 3.87. The fourth-order valence-electron chi connectivity index (χ4n) is 1.51. The van der Waals surface area contributed by atoms with Gasteiger partial charge in [0.25, 0.3) is 5.69 Å². The molecule has 2 aromatic carbocycles. The van der Waals surface area contributed by atoms with Gasteiger partial charge in [-0.2, -0.15) is 0 Å². The third-order valence-corrected chi connectivity index (χ3v) is 3.76. The van der Waals surface area contributed by atoms with Crippen LogP contribution in [0.15, 0.2) is 40.9 Å².